The van der Waals surface area contributed by atoms with Crippen molar-refractivity contribution in [3.8, 4) is 5.75 Å². The summed E-state index contributed by atoms with van der Waals surface area (Å²) in [5, 5.41) is 0. The molecule has 0 bridgehead atoms. The predicted octanol–water partition coefficient (Wildman–Crippen LogP) is 4.70. The van der Waals surface area contributed by atoms with E-state index in [1.54, 1.807) is 0 Å². The Labute approximate surface area is 130 Å². The quantitative estimate of drug-likeness (QED) is 0.643. The number of unbranched alkanes of at least 4 members (excludes halogenated alkanes) is 1. The molecule has 0 N–H and O–H groups in total. The third-order valence-corrected chi connectivity index (χ3v) is 4.77. The minimum Gasteiger partial charge on any atom is -0.494 e. The highest BCUT2D eigenvalue weighted by Gasteiger charge is 2.19. The van der Waals surface area contributed by atoms with Crippen LogP contribution in [0.5, 0.6) is 5.75 Å². The summed E-state index contributed by atoms with van der Waals surface area (Å²) in [5.41, 5.74) is 1.43. The van der Waals surface area contributed by atoms with Crippen LogP contribution in [0.2, 0.25) is 0 Å². The SMILES string of the molecule is CCCCOc1ccc(C(C)C(C)CN2CCCC2)cc1. The van der Waals surface area contributed by atoms with Gasteiger partial charge in [0.15, 0.2) is 0 Å². The van der Waals surface area contributed by atoms with E-state index in [1.807, 2.05) is 0 Å². The van der Waals surface area contributed by atoms with Crippen molar-refractivity contribution in [3.05, 3.63) is 29.8 Å². The lowest BCUT2D eigenvalue weighted by Crippen LogP contribution is -2.27. The van der Waals surface area contributed by atoms with E-state index in [-0.39, 0.29) is 0 Å². The monoisotopic (exact) mass is 289 g/mol. The molecule has 118 valence electrons. The molecule has 0 aliphatic carbocycles. The van der Waals surface area contributed by atoms with Crippen LogP contribution >= 0.6 is 0 Å². The molecule has 2 nitrogen and oxygen atoms in total. The van der Waals surface area contributed by atoms with Crippen molar-refractivity contribution in [1.82, 2.24) is 4.90 Å². The van der Waals surface area contributed by atoms with Crippen LogP contribution in [-0.4, -0.2) is 31.1 Å². The van der Waals surface area contributed by atoms with E-state index < -0.39 is 0 Å². The number of likely N-dealkylation sites (tertiary alicyclic amines) is 1. The van der Waals surface area contributed by atoms with E-state index in [4.69, 9.17) is 4.74 Å². The summed E-state index contributed by atoms with van der Waals surface area (Å²) in [6.45, 7) is 11.6. The highest BCUT2D eigenvalue weighted by Crippen LogP contribution is 2.27. The molecule has 2 atom stereocenters. The first kappa shape index (κ1) is 16.4. The van der Waals surface area contributed by atoms with Crippen LogP contribution in [-0.2, 0) is 0 Å². The largest absolute Gasteiger partial charge is 0.494 e. The normalized spacial score (nSPS) is 18.6. The molecule has 2 heteroatoms. The van der Waals surface area contributed by atoms with Gasteiger partial charge in [-0.15, -0.1) is 0 Å². The number of hydrogen-bond donors (Lipinski definition) is 0. The molecule has 1 aliphatic rings. The average Bonchev–Trinajstić information content (AvgIpc) is 3.00. The Morgan fingerprint density at radius 1 is 1.10 bits per heavy atom. The number of rotatable bonds is 8. The highest BCUT2D eigenvalue weighted by molar-refractivity contribution is 5.29. The van der Waals surface area contributed by atoms with Crippen LogP contribution in [0.4, 0.5) is 0 Å². The van der Waals surface area contributed by atoms with E-state index in [1.165, 1.54) is 44.5 Å². The molecule has 0 aromatic heterocycles. The maximum Gasteiger partial charge on any atom is 0.119 e. The number of nitrogens with zero attached hydrogens (tertiary/aromatic N) is 1. The summed E-state index contributed by atoms with van der Waals surface area (Å²) in [6.07, 6.45) is 5.07. The standard InChI is InChI=1S/C19H31NO/c1-4-5-14-21-19-10-8-18(9-11-19)17(3)16(2)15-20-12-6-7-13-20/h8-11,16-17H,4-7,12-15H2,1-3H3. The zero-order valence-corrected chi connectivity index (χ0v) is 14.0. The van der Waals surface area contributed by atoms with Crippen LogP contribution in [0.25, 0.3) is 0 Å². The Hall–Kier alpha value is -1.02. The van der Waals surface area contributed by atoms with Gasteiger partial charge in [-0.25, -0.2) is 0 Å². The molecule has 1 aromatic carbocycles. The summed E-state index contributed by atoms with van der Waals surface area (Å²) in [7, 11) is 0. The highest BCUT2D eigenvalue weighted by atomic mass is 16.5. The molecular formula is C19H31NO. The summed E-state index contributed by atoms with van der Waals surface area (Å²) in [4.78, 5) is 2.61. The van der Waals surface area contributed by atoms with Gasteiger partial charge in [0.1, 0.15) is 5.75 Å². The van der Waals surface area contributed by atoms with Crippen molar-refractivity contribution in [2.24, 2.45) is 5.92 Å². The van der Waals surface area contributed by atoms with Gasteiger partial charge in [0.2, 0.25) is 0 Å². The Kier molecular flexibility index (Phi) is 6.56. The van der Waals surface area contributed by atoms with Gasteiger partial charge in [0.25, 0.3) is 0 Å². The van der Waals surface area contributed by atoms with E-state index in [0.29, 0.717) is 11.8 Å². The predicted molar refractivity (Wildman–Crippen MR) is 90.1 cm³/mol. The first-order chi connectivity index (χ1) is 10.2. The zero-order chi connectivity index (χ0) is 15.1. The van der Waals surface area contributed by atoms with Gasteiger partial charge in [0, 0.05) is 6.54 Å². The number of hydrogen-bond acceptors (Lipinski definition) is 2. The zero-order valence-electron chi connectivity index (χ0n) is 14.0. The Balaban J connectivity index is 1.84. The lowest BCUT2D eigenvalue weighted by atomic mass is 9.88. The Morgan fingerprint density at radius 3 is 2.38 bits per heavy atom. The van der Waals surface area contributed by atoms with Gasteiger partial charge in [-0.3, -0.25) is 0 Å². The molecule has 0 saturated carbocycles. The van der Waals surface area contributed by atoms with Crippen LogP contribution in [0.1, 0.15) is 57.9 Å². The summed E-state index contributed by atoms with van der Waals surface area (Å²) in [5.74, 6) is 2.32. The maximum absolute atomic E-state index is 5.74. The molecule has 1 aromatic rings. The molecule has 1 saturated heterocycles. The molecule has 2 rings (SSSR count). The fourth-order valence-electron chi connectivity index (χ4n) is 3.06. The minimum absolute atomic E-state index is 0.607. The lowest BCUT2D eigenvalue weighted by Gasteiger charge is -2.25. The maximum atomic E-state index is 5.74. The fourth-order valence-corrected chi connectivity index (χ4v) is 3.06. The van der Waals surface area contributed by atoms with Crippen LogP contribution in [0.3, 0.4) is 0 Å². The van der Waals surface area contributed by atoms with Crippen molar-refractivity contribution in [1.29, 1.82) is 0 Å². The first-order valence-electron chi connectivity index (χ1n) is 8.65. The van der Waals surface area contributed by atoms with E-state index in [2.05, 4.69) is 49.9 Å². The van der Waals surface area contributed by atoms with Gasteiger partial charge in [-0.2, -0.15) is 0 Å². The number of benzene rings is 1. The summed E-state index contributed by atoms with van der Waals surface area (Å²) in [6, 6.07) is 8.74. The Morgan fingerprint density at radius 2 is 1.76 bits per heavy atom. The average molecular weight is 289 g/mol. The molecule has 1 aliphatic heterocycles. The second kappa shape index (κ2) is 8.43. The van der Waals surface area contributed by atoms with Gasteiger partial charge in [-0.05, 0) is 61.9 Å². The van der Waals surface area contributed by atoms with E-state index >= 15 is 0 Å². The third-order valence-electron chi connectivity index (χ3n) is 4.77. The van der Waals surface area contributed by atoms with Crippen molar-refractivity contribution in [2.75, 3.05) is 26.2 Å². The second-order valence-electron chi connectivity index (χ2n) is 6.54. The first-order valence-corrected chi connectivity index (χ1v) is 8.65. The second-order valence-corrected chi connectivity index (χ2v) is 6.54. The molecule has 21 heavy (non-hydrogen) atoms. The third kappa shape index (κ3) is 5.03. The molecule has 0 amide bonds. The van der Waals surface area contributed by atoms with Gasteiger partial charge in [-0.1, -0.05) is 39.3 Å². The van der Waals surface area contributed by atoms with Crippen molar-refractivity contribution >= 4 is 0 Å². The molecule has 1 fully saturated rings. The summed E-state index contributed by atoms with van der Waals surface area (Å²) < 4.78 is 5.74. The van der Waals surface area contributed by atoms with Crippen molar-refractivity contribution < 1.29 is 4.74 Å². The van der Waals surface area contributed by atoms with E-state index in [0.717, 1.165) is 18.8 Å². The minimum atomic E-state index is 0.607. The van der Waals surface area contributed by atoms with Gasteiger partial charge >= 0.3 is 0 Å². The van der Waals surface area contributed by atoms with Crippen molar-refractivity contribution in [2.45, 2.75) is 52.4 Å². The van der Waals surface area contributed by atoms with Crippen molar-refractivity contribution in [3.63, 3.8) is 0 Å². The summed E-state index contributed by atoms with van der Waals surface area (Å²) >= 11 is 0. The van der Waals surface area contributed by atoms with Crippen LogP contribution in [0.15, 0.2) is 24.3 Å². The molecule has 0 spiro atoms. The van der Waals surface area contributed by atoms with Gasteiger partial charge < -0.3 is 9.64 Å². The van der Waals surface area contributed by atoms with Gasteiger partial charge in [0.05, 0.1) is 6.61 Å². The number of ether oxygens (including phenoxy) is 1. The van der Waals surface area contributed by atoms with Crippen LogP contribution in [0, 0.1) is 5.92 Å². The van der Waals surface area contributed by atoms with E-state index in [9.17, 15) is 0 Å². The lowest BCUT2D eigenvalue weighted by molar-refractivity contribution is 0.269. The molecule has 1 heterocycles. The Bertz CT molecular complexity index is 395. The topological polar surface area (TPSA) is 12.5 Å². The molecular weight excluding hydrogens is 258 g/mol. The molecule has 0 radical (unpaired) electrons. The van der Waals surface area contributed by atoms with Crippen LogP contribution < -0.4 is 4.74 Å². The fraction of sp³-hybridized carbons (Fsp3) is 0.684. The molecule has 2 unspecified atom stereocenters. The smallest absolute Gasteiger partial charge is 0.119 e.